The third kappa shape index (κ3) is 10.0. The maximum absolute atomic E-state index is 13.8. The number of para-hydroxylation sites is 1. The van der Waals surface area contributed by atoms with Gasteiger partial charge in [-0.05, 0) is 26.0 Å². The van der Waals surface area contributed by atoms with Crippen molar-refractivity contribution in [2.75, 3.05) is 66.1 Å². The lowest BCUT2D eigenvalue weighted by atomic mass is 10.3. The SMILES string of the molecule is CCNC(=NCC(C)Oc1ccccc1F)N1CCN(CC(=O)NCCOC)CC1.I. The Hall–Kier alpha value is -1.66. The van der Waals surface area contributed by atoms with Crippen LogP contribution in [0.15, 0.2) is 29.3 Å². The number of carbonyl (C=O) groups is 1. The van der Waals surface area contributed by atoms with Crippen LogP contribution in [0.4, 0.5) is 4.39 Å². The Balaban J connectivity index is 0.00000480. The molecule has 176 valence electrons. The highest BCUT2D eigenvalue weighted by Gasteiger charge is 2.21. The van der Waals surface area contributed by atoms with Crippen LogP contribution in [0.3, 0.4) is 0 Å². The van der Waals surface area contributed by atoms with Crippen LogP contribution in [0.25, 0.3) is 0 Å². The van der Waals surface area contributed by atoms with Crippen molar-refractivity contribution in [3.63, 3.8) is 0 Å². The van der Waals surface area contributed by atoms with Crippen LogP contribution >= 0.6 is 24.0 Å². The Morgan fingerprint density at radius 2 is 1.94 bits per heavy atom. The lowest BCUT2D eigenvalue weighted by Crippen LogP contribution is -2.54. The summed E-state index contributed by atoms with van der Waals surface area (Å²) in [6.45, 7) is 9.61. The van der Waals surface area contributed by atoms with Crippen molar-refractivity contribution in [1.82, 2.24) is 20.4 Å². The maximum atomic E-state index is 13.8. The van der Waals surface area contributed by atoms with E-state index in [1.165, 1.54) is 6.07 Å². The Labute approximate surface area is 201 Å². The fourth-order valence-electron chi connectivity index (χ4n) is 3.10. The predicted octanol–water partition coefficient (Wildman–Crippen LogP) is 1.56. The van der Waals surface area contributed by atoms with E-state index in [-0.39, 0.29) is 47.6 Å². The average molecular weight is 551 g/mol. The van der Waals surface area contributed by atoms with Crippen molar-refractivity contribution in [2.24, 2.45) is 4.99 Å². The molecule has 0 radical (unpaired) electrons. The number of piperazine rings is 1. The van der Waals surface area contributed by atoms with Crippen molar-refractivity contribution < 1.29 is 18.7 Å². The highest BCUT2D eigenvalue weighted by Crippen LogP contribution is 2.17. The molecule has 1 aromatic carbocycles. The molecule has 1 unspecified atom stereocenters. The van der Waals surface area contributed by atoms with Crippen molar-refractivity contribution in [1.29, 1.82) is 0 Å². The number of guanidine groups is 1. The molecule has 1 heterocycles. The van der Waals surface area contributed by atoms with E-state index in [4.69, 9.17) is 9.47 Å². The molecule has 1 fully saturated rings. The van der Waals surface area contributed by atoms with Gasteiger partial charge in [-0.25, -0.2) is 9.38 Å². The molecule has 1 aliphatic heterocycles. The number of methoxy groups -OCH3 is 1. The summed E-state index contributed by atoms with van der Waals surface area (Å²) in [6.07, 6.45) is -0.257. The largest absolute Gasteiger partial charge is 0.486 e. The summed E-state index contributed by atoms with van der Waals surface area (Å²) in [5.41, 5.74) is 0. The van der Waals surface area contributed by atoms with Gasteiger partial charge in [-0.1, -0.05) is 12.1 Å². The van der Waals surface area contributed by atoms with Crippen molar-refractivity contribution in [2.45, 2.75) is 20.0 Å². The number of nitrogens with zero attached hydrogens (tertiary/aromatic N) is 3. The second kappa shape index (κ2) is 15.2. The highest BCUT2D eigenvalue weighted by atomic mass is 127. The van der Waals surface area contributed by atoms with E-state index in [1.807, 2.05) is 13.8 Å². The number of carbonyl (C=O) groups excluding carboxylic acids is 1. The zero-order valence-corrected chi connectivity index (χ0v) is 20.9. The predicted molar refractivity (Wildman–Crippen MR) is 131 cm³/mol. The second-order valence-electron chi connectivity index (χ2n) is 7.16. The first-order chi connectivity index (χ1) is 14.5. The first-order valence-electron chi connectivity index (χ1n) is 10.5. The summed E-state index contributed by atoms with van der Waals surface area (Å²) in [7, 11) is 1.61. The summed E-state index contributed by atoms with van der Waals surface area (Å²) in [5.74, 6) is 0.691. The van der Waals surface area contributed by atoms with Crippen molar-refractivity contribution >= 4 is 35.8 Å². The number of aliphatic imine (C=N–C) groups is 1. The molecule has 31 heavy (non-hydrogen) atoms. The Morgan fingerprint density at radius 1 is 1.23 bits per heavy atom. The second-order valence-corrected chi connectivity index (χ2v) is 7.16. The van der Waals surface area contributed by atoms with E-state index < -0.39 is 0 Å². The molecule has 1 amide bonds. The monoisotopic (exact) mass is 551 g/mol. The van der Waals surface area contributed by atoms with Gasteiger partial charge < -0.3 is 25.0 Å². The normalized spacial score (nSPS) is 15.7. The molecule has 0 aromatic heterocycles. The number of halogens is 2. The number of hydrogen-bond donors (Lipinski definition) is 2. The Bertz CT molecular complexity index is 687. The number of benzene rings is 1. The molecule has 0 saturated carbocycles. The van der Waals surface area contributed by atoms with Gasteiger partial charge in [0.2, 0.25) is 5.91 Å². The van der Waals surface area contributed by atoms with Crippen LogP contribution in [0.5, 0.6) is 5.75 Å². The van der Waals surface area contributed by atoms with E-state index >= 15 is 0 Å². The number of nitrogens with one attached hydrogen (secondary N) is 2. The maximum Gasteiger partial charge on any atom is 0.234 e. The zero-order valence-electron chi connectivity index (χ0n) is 18.6. The third-order valence-corrected chi connectivity index (χ3v) is 4.67. The number of rotatable bonds is 10. The van der Waals surface area contributed by atoms with Gasteiger partial charge in [0.15, 0.2) is 17.5 Å². The molecule has 1 aliphatic rings. The number of hydrogen-bond acceptors (Lipinski definition) is 5. The van der Waals surface area contributed by atoms with Crippen molar-refractivity contribution in [3.8, 4) is 5.75 Å². The fourth-order valence-corrected chi connectivity index (χ4v) is 3.10. The first-order valence-corrected chi connectivity index (χ1v) is 10.5. The molecule has 8 nitrogen and oxygen atoms in total. The minimum Gasteiger partial charge on any atom is -0.486 e. The van der Waals surface area contributed by atoms with Gasteiger partial charge in [-0.3, -0.25) is 9.69 Å². The summed E-state index contributed by atoms with van der Waals surface area (Å²) in [6, 6.07) is 6.38. The Kier molecular flexibility index (Phi) is 13.4. The standard InChI is InChI=1S/C21H34FN5O3.HI/c1-4-23-21(25-15-17(2)30-19-8-6-5-7-18(19)22)27-12-10-26(11-13-27)16-20(28)24-9-14-29-3;/h5-8,17H,4,9-16H2,1-3H3,(H,23,25)(H,24,28);1H. The van der Waals surface area contributed by atoms with E-state index in [2.05, 4.69) is 25.4 Å². The average Bonchev–Trinajstić information content (AvgIpc) is 2.73. The molecule has 2 N–H and O–H groups in total. The van der Waals surface area contributed by atoms with Crippen LogP contribution in [0, 0.1) is 5.82 Å². The fraction of sp³-hybridized carbons (Fsp3) is 0.619. The van der Waals surface area contributed by atoms with Crippen LogP contribution in [0.2, 0.25) is 0 Å². The quantitative estimate of drug-likeness (QED) is 0.199. The van der Waals surface area contributed by atoms with Crippen molar-refractivity contribution in [3.05, 3.63) is 30.1 Å². The molecular formula is C21H35FIN5O3. The van der Waals surface area contributed by atoms with Gasteiger partial charge >= 0.3 is 0 Å². The van der Waals surface area contributed by atoms with E-state index in [0.717, 1.165) is 38.7 Å². The van der Waals surface area contributed by atoms with Gasteiger partial charge in [0.1, 0.15) is 6.10 Å². The van der Waals surface area contributed by atoms with Crippen LogP contribution < -0.4 is 15.4 Å². The van der Waals surface area contributed by atoms with Crippen LogP contribution in [-0.2, 0) is 9.53 Å². The van der Waals surface area contributed by atoms with Gasteiger partial charge in [0.25, 0.3) is 0 Å². The molecular weight excluding hydrogens is 516 g/mol. The van der Waals surface area contributed by atoms with Gasteiger partial charge in [-0.2, -0.15) is 0 Å². The van der Waals surface area contributed by atoms with E-state index in [9.17, 15) is 9.18 Å². The summed E-state index contributed by atoms with van der Waals surface area (Å²) in [5, 5.41) is 6.15. The van der Waals surface area contributed by atoms with E-state index in [0.29, 0.717) is 26.2 Å². The molecule has 1 saturated heterocycles. The number of ether oxygens (including phenoxy) is 2. The highest BCUT2D eigenvalue weighted by molar-refractivity contribution is 14.0. The number of amides is 1. The topological polar surface area (TPSA) is 78.4 Å². The molecule has 0 bridgehead atoms. The minimum absolute atomic E-state index is 0. The smallest absolute Gasteiger partial charge is 0.234 e. The molecule has 2 rings (SSSR count). The lowest BCUT2D eigenvalue weighted by Gasteiger charge is -2.36. The summed E-state index contributed by atoms with van der Waals surface area (Å²) < 4.78 is 24.4. The Morgan fingerprint density at radius 3 is 2.58 bits per heavy atom. The van der Waals surface area contributed by atoms with E-state index in [1.54, 1.807) is 25.3 Å². The first kappa shape index (κ1) is 27.4. The lowest BCUT2D eigenvalue weighted by molar-refractivity contribution is -0.122. The van der Waals surface area contributed by atoms with Gasteiger partial charge in [-0.15, -0.1) is 24.0 Å². The molecule has 1 atom stereocenters. The van der Waals surface area contributed by atoms with Gasteiger partial charge in [0, 0.05) is 46.4 Å². The van der Waals surface area contributed by atoms with Crippen LogP contribution in [0.1, 0.15) is 13.8 Å². The minimum atomic E-state index is -0.373. The molecule has 10 heteroatoms. The third-order valence-electron chi connectivity index (χ3n) is 4.67. The summed E-state index contributed by atoms with van der Waals surface area (Å²) in [4.78, 5) is 20.9. The molecule has 1 aromatic rings. The molecule has 0 spiro atoms. The molecule has 0 aliphatic carbocycles. The zero-order chi connectivity index (χ0) is 21.8. The van der Waals surface area contributed by atoms with Crippen LogP contribution in [-0.4, -0.2) is 93.8 Å². The van der Waals surface area contributed by atoms with Gasteiger partial charge in [0.05, 0.1) is 19.7 Å². The summed E-state index contributed by atoms with van der Waals surface area (Å²) >= 11 is 0.